The van der Waals surface area contributed by atoms with Gasteiger partial charge >= 0.3 is 12.1 Å². The Balaban J connectivity index is 1.84. The second-order valence-corrected chi connectivity index (χ2v) is 6.11. The van der Waals surface area contributed by atoms with Crippen LogP contribution in [0.4, 0.5) is 10.5 Å². The molecule has 6 heteroatoms. The molecule has 2 rings (SSSR count). The predicted octanol–water partition coefficient (Wildman–Crippen LogP) is 2.42. The Morgan fingerprint density at radius 1 is 1.33 bits per heavy atom. The molecule has 0 aromatic heterocycles. The highest BCUT2D eigenvalue weighted by Crippen LogP contribution is 2.19. The maximum atomic E-state index is 11.8. The van der Waals surface area contributed by atoms with Gasteiger partial charge in [-0.2, -0.15) is 0 Å². The zero-order chi connectivity index (χ0) is 15.6. The van der Waals surface area contributed by atoms with Gasteiger partial charge in [0.25, 0.3) is 0 Å². The molecule has 1 fully saturated rings. The van der Waals surface area contributed by atoms with Crippen molar-refractivity contribution in [3.63, 3.8) is 0 Å². The van der Waals surface area contributed by atoms with Crippen molar-refractivity contribution in [1.29, 1.82) is 0 Å². The minimum Gasteiger partial charge on any atom is -0.478 e. The van der Waals surface area contributed by atoms with Crippen molar-refractivity contribution >= 4 is 17.7 Å². The van der Waals surface area contributed by atoms with E-state index >= 15 is 0 Å². The lowest BCUT2D eigenvalue weighted by atomic mass is 10.1. The molecule has 0 aliphatic carbocycles. The zero-order valence-corrected chi connectivity index (χ0v) is 12.4. The molecule has 0 bridgehead atoms. The first-order valence-corrected chi connectivity index (χ1v) is 6.82. The molecule has 2 N–H and O–H groups in total. The second kappa shape index (κ2) is 5.63. The normalized spacial score (nSPS) is 15.3. The van der Waals surface area contributed by atoms with Crippen LogP contribution in [0.25, 0.3) is 0 Å². The summed E-state index contributed by atoms with van der Waals surface area (Å²) >= 11 is 0. The number of carboxylic acids is 1. The van der Waals surface area contributed by atoms with E-state index in [1.165, 1.54) is 0 Å². The molecule has 1 aliphatic heterocycles. The number of nitrogens with zero attached hydrogens (tertiary/aromatic N) is 1. The van der Waals surface area contributed by atoms with Gasteiger partial charge in [0, 0.05) is 18.8 Å². The summed E-state index contributed by atoms with van der Waals surface area (Å²) in [5, 5.41) is 12.1. The standard InChI is InChI=1S/C15H20N2O4/c1-15(2,3)21-14(20)17-8-12(9-17)16-11-6-4-5-10(7-11)13(18)19/h4-7,12,16H,8-9H2,1-3H3,(H,18,19). The molecular weight excluding hydrogens is 272 g/mol. The van der Waals surface area contributed by atoms with Crippen LogP contribution < -0.4 is 5.32 Å². The van der Waals surface area contributed by atoms with Gasteiger partial charge in [-0.3, -0.25) is 0 Å². The summed E-state index contributed by atoms with van der Waals surface area (Å²) in [6.07, 6.45) is -0.320. The molecule has 1 saturated heterocycles. The fourth-order valence-electron chi connectivity index (χ4n) is 2.02. The topological polar surface area (TPSA) is 78.9 Å². The van der Waals surface area contributed by atoms with Crippen LogP contribution in [0.2, 0.25) is 0 Å². The summed E-state index contributed by atoms with van der Waals surface area (Å²) in [4.78, 5) is 24.3. The van der Waals surface area contributed by atoms with Crippen LogP contribution in [-0.2, 0) is 4.74 Å². The summed E-state index contributed by atoms with van der Waals surface area (Å²) in [6.45, 7) is 6.59. The molecule has 1 aromatic rings. The smallest absolute Gasteiger partial charge is 0.410 e. The van der Waals surface area contributed by atoms with Gasteiger partial charge in [-0.05, 0) is 39.0 Å². The number of nitrogens with one attached hydrogen (secondary N) is 1. The molecular formula is C15H20N2O4. The van der Waals surface area contributed by atoms with Gasteiger partial charge in [-0.1, -0.05) is 6.07 Å². The number of aromatic carboxylic acids is 1. The molecule has 0 spiro atoms. The number of amides is 1. The summed E-state index contributed by atoms with van der Waals surface area (Å²) in [6, 6.07) is 6.74. The lowest BCUT2D eigenvalue weighted by molar-refractivity contribution is 0.0105. The summed E-state index contributed by atoms with van der Waals surface area (Å²) in [5.41, 5.74) is 0.484. The van der Waals surface area contributed by atoms with Gasteiger partial charge < -0.3 is 20.1 Å². The first-order valence-electron chi connectivity index (χ1n) is 6.82. The second-order valence-electron chi connectivity index (χ2n) is 6.11. The van der Waals surface area contributed by atoms with E-state index in [2.05, 4.69) is 5.32 Å². The van der Waals surface area contributed by atoms with Crippen molar-refractivity contribution in [2.24, 2.45) is 0 Å². The Morgan fingerprint density at radius 2 is 2.00 bits per heavy atom. The number of anilines is 1. The molecule has 1 amide bonds. The SMILES string of the molecule is CC(C)(C)OC(=O)N1CC(Nc2cccc(C(=O)O)c2)C1. The van der Waals surface area contributed by atoms with Crippen molar-refractivity contribution in [1.82, 2.24) is 4.90 Å². The van der Waals surface area contributed by atoms with E-state index in [0.717, 1.165) is 5.69 Å². The maximum Gasteiger partial charge on any atom is 0.410 e. The molecule has 1 heterocycles. The Bertz CT molecular complexity index is 545. The number of hydrogen-bond donors (Lipinski definition) is 2. The van der Waals surface area contributed by atoms with E-state index in [-0.39, 0.29) is 17.7 Å². The summed E-state index contributed by atoms with van der Waals surface area (Å²) in [7, 11) is 0. The average molecular weight is 292 g/mol. The van der Waals surface area contributed by atoms with Gasteiger partial charge in [0.15, 0.2) is 0 Å². The number of ether oxygens (including phenoxy) is 1. The quantitative estimate of drug-likeness (QED) is 0.894. The number of hydrogen-bond acceptors (Lipinski definition) is 4. The molecule has 114 valence electrons. The molecule has 21 heavy (non-hydrogen) atoms. The fourth-order valence-corrected chi connectivity index (χ4v) is 2.02. The molecule has 0 atom stereocenters. The van der Waals surface area contributed by atoms with Crippen LogP contribution in [0.5, 0.6) is 0 Å². The van der Waals surface area contributed by atoms with Crippen LogP contribution in [0, 0.1) is 0 Å². The van der Waals surface area contributed by atoms with Gasteiger partial charge in [-0.25, -0.2) is 9.59 Å². The van der Waals surface area contributed by atoms with Crippen molar-refractivity contribution in [2.75, 3.05) is 18.4 Å². The number of rotatable bonds is 3. The van der Waals surface area contributed by atoms with Crippen molar-refractivity contribution in [3.8, 4) is 0 Å². The Labute approximate surface area is 123 Å². The van der Waals surface area contributed by atoms with Crippen LogP contribution in [0.15, 0.2) is 24.3 Å². The number of benzene rings is 1. The van der Waals surface area contributed by atoms with Crippen LogP contribution in [0.1, 0.15) is 31.1 Å². The van der Waals surface area contributed by atoms with E-state index < -0.39 is 11.6 Å². The third kappa shape index (κ3) is 4.11. The molecule has 0 unspecified atom stereocenters. The average Bonchev–Trinajstić information content (AvgIpc) is 2.31. The molecule has 1 aromatic carbocycles. The van der Waals surface area contributed by atoms with E-state index in [0.29, 0.717) is 13.1 Å². The highest BCUT2D eigenvalue weighted by atomic mass is 16.6. The van der Waals surface area contributed by atoms with Crippen molar-refractivity contribution in [2.45, 2.75) is 32.4 Å². The monoisotopic (exact) mass is 292 g/mol. The van der Waals surface area contributed by atoms with E-state index in [1.54, 1.807) is 23.1 Å². The number of likely N-dealkylation sites (tertiary alicyclic amines) is 1. The van der Waals surface area contributed by atoms with Gasteiger partial charge in [0.1, 0.15) is 5.60 Å². The molecule has 0 saturated carbocycles. The highest BCUT2D eigenvalue weighted by Gasteiger charge is 2.33. The summed E-state index contributed by atoms with van der Waals surface area (Å²) in [5.74, 6) is -0.956. The molecule has 0 radical (unpaired) electrons. The Kier molecular flexibility index (Phi) is 4.06. The maximum absolute atomic E-state index is 11.8. The number of carboxylic acid groups (broad SMARTS) is 1. The van der Waals surface area contributed by atoms with Crippen LogP contribution in [0.3, 0.4) is 0 Å². The van der Waals surface area contributed by atoms with Crippen molar-refractivity contribution < 1.29 is 19.4 Å². The predicted molar refractivity (Wildman–Crippen MR) is 78.6 cm³/mol. The number of carbonyl (C=O) groups is 2. The molecule has 1 aliphatic rings. The lowest BCUT2D eigenvalue weighted by Gasteiger charge is -2.40. The highest BCUT2D eigenvalue weighted by molar-refractivity contribution is 5.88. The number of carbonyl (C=O) groups excluding carboxylic acids is 1. The van der Waals surface area contributed by atoms with Gasteiger partial charge in [0.05, 0.1) is 11.6 Å². The van der Waals surface area contributed by atoms with E-state index in [9.17, 15) is 9.59 Å². The largest absolute Gasteiger partial charge is 0.478 e. The van der Waals surface area contributed by atoms with Crippen LogP contribution >= 0.6 is 0 Å². The zero-order valence-electron chi connectivity index (χ0n) is 12.4. The third-order valence-corrected chi connectivity index (χ3v) is 3.01. The first-order chi connectivity index (χ1) is 9.74. The van der Waals surface area contributed by atoms with Gasteiger partial charge in [0.2, 0.25) is 0 Å². The minimum atomic E-state index is -0.956. The third-order valence-electron chi connectivity index (χ3n) is 3.01. The Morgan fingerprint density at radius 3 is 2.57 bits per heavy atom. The van der Waals surface area contributed by atoms with Crippen LogP contribution in [-0.4, -0.2) is 46.8 Å². The first kappa shape index (κ1) is 15.2. The molecule has 6 nitrogen and oxygen atoms in total. The minimum absolute atomic E-state index is 0.113. The van der Waals surface area contributed by atoms with Crippen molar-refractivity contribution in [3.05, 3.63) is 29.8 Å². The fraction of sp³-hybridized carbons (Fsp3) is 0.467. The Hall–Kier alpha value is -2.24. The van der Waals surface area contributed by atoms with E-state index in [4.69, 9.17) is 9.84 Å². The van der Waals surface area contributed by atoms with E-state index in [1.807, 2.05) is 26.8 Å². The van der Waals surface area contributed by atoms with Gasteiger partial charge in [-0.15, -0.1) is 0 Å². The lowest BCUT2D eigenvalue weighted by Crippen LogP contribution is -2.57. The summed E-state index contributed by atoms with van der Waals surface area (Å²) < 4.78 is 5.27.